The van der Waals surface area contributed by atoms with E-state index in [9.17, 15) is 18.0 Å². The first-order valence-electron chi connectivity index (χ1n) is 7.84. The van der Waals surface area contributed by atoms with Gasteiger partial charge in [-0.15, -0.1) is 0 Å². The Morgan fingerprint density at radius 2 is 1.69 bits per heavy atom. The molecule has 2 N–H and O–H groups in total. The third-order valence-corrected chi connectivity index (χ3v) is 3.95. The summed E-state index contributed by atoms with van der Waals surface area (Å²) in [5.74, 6) is -0.236. The lowest BCUT2D eigenvalue weighted by molar-refractivity contribution is -0.137. The Hall–Kier alpha value is -2.41. The largest absolute Gasteiger partial charge is 0.417 e. The maximum Gasteiger partial charge on any atom is 0.417 e. The van der Waals surface area contributed by atoms with Crippen molar-refractivity contribution in [1.82, 2.24) is 0 Å². The van der Waals surface area contributed by atoms with Gasteiger partial charge < -0.3 is 15.5 Å². The van der Waals surface area contributed by atoms with Crippen molar-refractivity contribution < 1.29 is 18.0 Å². The highest BCUT2D eigenvalue weighted by Gasteiger charge is 2.33. The minimum Gasteiger partial charge on any atom is -0.385 e. The Balaban J connectivity index is 1.86. The molecule has 0 aliphatic carbocycles. The molecule has 0 unspecified atom stereocenters. The van der Waals surface area contributed by atoms with Crippen LogP contribution in [0.4, 0.5) is 30.2 Å². The number of anilines is 3. The molecule has 2 aromatic carbocycles. The summed E-state index contributed by atoms with van der Waals surface area (Å²) in [5.41, 5.74) is 1.01. The monoisotopic (exact) mass is 385 g/mol. The van der Waals surface area contributed by atoms with Crippen molar-refractivity contribution in [2.75, 3.05) is 36.2 Å². The van der Waals surface area contributed by atoms with Gasteiger partial charge in [-0.1, -0.05) is 11.6 Å². The smallest absolute Gasteiger partial charge is 0.385 e. The number of nitrogens with one attached hydrogen (secondary N) is 2. The van der Waals surface area contributed by atoms with E-state index in [1.807, 2.05) is 31.1 Å². The zero-order valence-electron chi connectivity index (χ0n) is 14.3. The second-order valence-corrected chi connectivity index (χ2v) is 6.27. The summed E-state index contributed by atoms with van der Waals surface area (Å²) in [6.07, 6.45) is -4.41. The first kappa shape index (κ1) is 19.9. The number of hydrogen-bond donors (Lipinski definition) is 2. The molecule has 0 aromatic heterocycles. The van der Waals surface area contributed by atoms with Crippen LogP contribution < -0.4 is 15.5 Å². The van der Waals surface area contributed by atoms with Crippen LogP contribution in [0.5, 0.6) is 0 Å². The van der Waals surface area contributed by atoms with Crippen LogP contribution in [0, 0.1) is 0 Å². The molecule has 0 fully saturated rings. The normalized spacial score (nSPS) is 11.2. The Kier molecular flexibility index (Phi) is 6.37. The van der Waals surface area contributed by atoms with E-state index in [2.05, 4.69) is 10.6 Å². The molecule has 0 atom stereocenters. The molecule has 2 rings (SSSR count). The first-order valence-corrected chi connectivity index (χ1v) is 8.22. The Labute approximate surface area is 154 Å². The van der Waals surface area contributed by atoms with E-state index < -0.39 is 11.7 Å². The van der Waals surface area contributed by atoms with Crippen LogP contribution in [0.2, 0.25) is 5.02 Å². The second-order valence-electron chi connectivity index (χ2n) is 5.86. The standard InChI is InChI=1S/C18H19ClF3N3O/c1-25(2)14-6-3-12(4-7-14)24-17(26)9-10-23-13-5-8-16(19)15(11-13)18(20,21)22/h3-8,11,23H,9-10H2,1-2H3,(H,24,26). The molecule has 1 amide bonds. The van der Waals surface area contributed by atoms with E-state index in [-0.39, 0.29) is 29.6 Å². The van der Waals surface area contributed by atoms with Gasteiger partial charge in [-0.05, 0) is 42.5 Å². The molecule has 0 saturated carbocycles. The Bertz CT molecular complexity index is 761. The molecule has 0 bridgehead atoms. The van der Waals surface area contributed by atoms with Crippen LogP contribution in [0.1, 0.15) is 12.0 Å². The maximum atomic E-state index is 12.8. The van der Waals surface area contributed by atoms with Gasteiger partial charge in [-0.3, -0.25) is 4.79 Å². The SMILES string of the molecule is CN(C)c1ccc(NC(=O)CCNc2ccc(Cl)c(C(F)(F)F)c2)cc1. The quantitative estimate of drug-likeness (QED) is 0.746. The topological polar surface area (TPSA) is 44.4 Å². The number of benzene rings is 2. The van der Waals surface area contributed by atoms with Gasteiger partial charge >= 0.3 is 6.18 Å². The number of alkyl halides is 3. The Morgan fingerprint density at radius 3 is 2.27 bits per heavy atom. The van der Waals surface area contributed by atoms with Gasteiger partial charge in [0.25, 0.3) is 0 Å². The molecule has 4 nitrogen and oxygen atoms in total. The fraction of sp³-hybridized carbons (Fsp3) is 0.278. The molecular formula is C18H19ClF3N3O. The maximum absolute atomic E-state index is 12.8. The molecule has 2 aromatic rings. The molecule has 26 heavy (non-hydrogen) atoms. The first-order chi connectivity index (χ1) is 12.2. The zero-order valence-corrected chi connectivity index (χ0v) is 15.1. The molecule has 0 aliphatic rings. The predicted molar refractivity (Wildman–Crippen MR) is 99.0 cm³/mol. The van der Waals surface area contributed by atoms with Crippen molar-refractivity contribution in [3.05, 3.63) is 53.1 Å². The number of nitrogens with zero attached hydrogens (tertiary/aromatic N) is 1. The van der Waals surface area contributed by atoms with Gasteiger partial charge in [0.1, 0.15) is 0 Å². The van der Waals surface area contributed by atoms with Crippen molar-refractivity contribution in [1.29, 1.82) is 0 Å². The lowest BCUT2D eigenvalue weighted by atomic mass is 10.2. The van der Waals surface area contributed by atoms with Crippen molar-refractivity contribution in [2.45, 2.75) is 12.6 Å². The number of carbonyl (C=O) groups is 1. The third kappa shape index (κ3) is 5.56. The molecular weight excluding hydrogens is 367 g/mol. The summed E-state index contributed by atoms with van der Waals surface area (Å²) in [4.78, 5) is 13.9. The number of amides is 1. The van der Waals surface area contributed by atoms with E-state index >= 15 is 0 Å². The lowest BCUT2D eigenvalue weighted by Crippen LogP contribution is -2.16. The molecule has 0 saturated heterocycles. The molecule has 0 radical (unpaired) electrons. The fourth-order valence-electron chi connectivity index (χ4n) is 2.24. The lowest BCUT2D eigenvalue weighted by Gasteiger charge is -2.13. The average Bonchev–Trinajstić information content (AvgIpc) is 2.56. The van der Waals surface area contributed by atoms with Crippen LogP contribution >= 0.6 is 11.6 Å². The van der Waals surface area contributed by atoms with Crippen LogP contribution in [-0.2, 0) is 11.0 Å². The van der Waals surface area contributed by atoms with Gasteiger partial charge in [0.15, 0.2) is 0 Å². The summed E-state index contributed by atoms with van der Waals surface area (Å²) in [6.45, 7) is 0.195. The van der Waals surface area contributed by atoms with E-state index in [1.54, 1.807) is 12.1 Å². The van der Waals surface area contributed by atoms with Crippen molar-refractivity contribution in [3.63, 3.8) is 0 Å². The van der Waals surface area contributed by atoms with Gasteiger partial charge in [-0.25, -0.2) is 0 Å². The van der Waals surface area contributed by atoms with Crippen LogP contribution in [-0.4, -0.2) is 26.5 Å². The predicted octanol–water partition coefficient (Wildman–Crippen LogP) is 4.87. The summed E-state index contributed by atoms with van der Waals surface area (Å²) in [5, 5.41) is 5.18. The molecule has 0 aliphatic heterocycles. The van der Waals surface area contributed by atoms with Gasteiger partial charge in [0.2, 0.25) is 5.91 Å². The highest BCUT2D eigenvalue weighted by molar-refractivity contribution is 6.31. The highest BCUT2D eigenvalue weighted by atomic mass is 35.5. The highest BCUT2D eigenvalue weighted by Crippen LogP contribution is 2.36. The summed E-state index contributed by atoms with van der Waals surface area (Å²) in [7, 11) is 3.83. The second kappa shape index (κ2) is 8.31. The van der Waals surface area contributed by atoms with E-state index in [4.69, 9.17) is 11.6 Å². The average molecular weight is 386 g/mol. The van der Waals surface area contributed by atoms with Crippen LogP contribution in [0.15, 0.2) is 42.5 Å². The van der Waals surface area contributed by atoms with E-state index in [1.165, 1.54) is 12.1 Å². The minimum absolute atomic E-state index is 0.111. The molecule has 0 heterocycles. The van der Waals surface area contributed by atoms with Gasteiger partial charge in [-0.2, -0.15) is 13.2 Å². The minimum atomic E-state index is -4.52. The number of rotatable bonds is 6. The van der Waals surface area contributed by atoms with Gasteiger partial charge in [0, 0.05) is 44.1 Å². The number of hydrogen-bond acceptors (Lipinski definition) is 3. The zero-order chi connectivity index (χ0) is 19.3. The van der Waals surface area contributed by atoms with Crippen LogP contribution in [0.25, 0.3) is 0 Å². The van der Waals surface area contributed by atoms with Crippen molar-refractivity contribution in [2.24, 2.45) is 0 Å². The summed E-state index contributed by atoms with van der Waals surface area (Å²) >= 11 is 5.57. The Morgan fingerprint density at radius 1 is 1.08 bits per heavy atom. The van der Waals surface area contributed by atoms with Crippen LogP contribution in [0.3, 0.4) is 0 Å². The number of carbonyl (C=O) groups excluding carboxylic acids is 1. The third-order valence-electron chi connectivity index (χ3n) is 3.62. The van der Waals surface area contributed by atoms with Crippen molar-refractivity contribution >= 4 is 34.6 Å². The molecule has 140 valence electrons. The van der Waals surface area contributed by atoms with E-state index in [0.717, 1.165) is 11.8 Å². The van der Waals surface area contributed by atoms with Crippen molar-refractivity contribution in [3.8, 4) is 0 Å². The van der Waals surface area contributed by atoms with Gasteiger partial charge in [0.05, 0.1) is 10.6 Å². The summed E-state index contributed by atoms with van der Waals surface area (Å²) in [6, 6.07) is 10.9. The molecule has 8 heteroatoms. The fourth-order valence-corrected chi connectivity index (χ4v) is 2.46. The summed E-state index contributed by atoms with van der Waals surface area (Å²) < 4.78 is 38.5. The molecule has 0 spiro atoms. The number of halogens is 4. The van der Waals surface area contributed by atoms with E-state index in [0.29, 0.717) is 5.69 Å².